The second kappa shape index (κ2) is 20.1. The smallest absolute Gasteiger partial charge is 0.187 e. The van der Waals surface area contributed by atoms with Crippen LogP contribution in [0.1, 0.15) is 106 Å². The lowest BCUT2D eigenvalue weighted by molar-refractivity contribution is -0.400. The lowest BCUT2D eigenvalue weighted by Gasteiger charge is -2.58. The highest BCUT2D eigenvalue weighted by Gasteiger charge is 2.69. The van der Waals surface area contributed by atoms with Gasteiger partial charge < -0.3 is 98.4 Å². The number of allylic oxidation sites excluding steroid dienone is 1. The Kier molecular flexibility index (Phi) is 15.1. The number of hydrogen-bond acceptors (Lipinski definition) is 20. The van der Waals surface area contributed by atoms with E-state index in [0.29, 0.717) is 48.3 Å². The number of aliphatic hydroxyl groups is 10. The normalized spacial score (nSPS) is 58.4. The predicted octanol–water partition coefficient (Wildman–Crippen LogP) is 0.0935. The van der Waals surface area contributed by atoms with Crippen molar-refractivity contribution in [3.63, 3.8) is 0 Å². The van der Waals surface area contributed by atoms with Crippen molar-refractivity contribution in [2.24, 2.45) is 46.3 Å². The first-order valence-corrected chi connectivity index (χ1v) is 26.6. The molecule has 10 aliphatic rings. The number of ether oxygens (including phenoxy) is 10. The highest BCUT2D eigenvalue weighted by molar-refractivity contribution is 5.26. The second-order valence-electron chi connectivity index (χ2n) is 23.8. The van der Waals surface area contributed by atoms with Crippen LogP contribution in [-0.4, -0.2) is 205 Å². The Morgan fingerprint density at radius 1 is 0.592 bits per heavy atom. The van der Waals surface area contributed by atoms with Gasteiger partial charge in [0.05, 0.1) is 43.7 Å². The summed E-state index contributed by atoms with van der Waals surface area (Å²) in [5.74, 6) is 2.47. The van der Waals surface area contributed by atoms with Gasteiger partial charge in [-0.1, -0.05) is 39.3 Å². The molecule has 71 heavy (non-hydrogen) atoms. The Morgan fingerprint density at radius 2 is 1.18 bits per heavy atom. The topological polar surface area (TPSA) is 295 Å². The van der Waals surface area contributed by atoms with Crippen molar-refractivity contribution in [1.82, 2.24) is 0 Å². The molecule has 3 saturated carbocycles. The van der Waals surface area contributed by atoms with Gasteiger partial charge in [0, 0.05) is 12.3 Å². The van der Waals surface area contributed by atoms with Gasteiger partial charge in [0.15, 0.2) is 30.9 Å². The van der Waals surface area contributed by atoms with Crippen molar-refractivity contribution in [3.8, 4) is 0 Å². The summed E-state index contributed by atoms with van der Waals surface area (Å²) in [6.07, 6.45) is -19.9. The van der Waals surface area contributed by atoms with Gasteiger partial charge in [0.1, 0.15) is 79.4 Å². The maximum absolute atomic E-state index is 12.3. The zero-order chi connectivity index (χ0) is 50.8. The van der Waals surface area contributed by atoms with Crippen LogP contribution in [0.3, 0.4) is 0 Å². The third-order valence-corrected chi connectivity index (χ3v) is 19.7. The average molecular weight is 1020 g/mol. The van der Waals surface area contributed by atoms with Crippen molar-refractivity contribution in [3.05, 3.63) is 11.6 Å². The molecule has 6 heterocycles. The average Bonchev–Trinajstić information content (AvgIpc) is 3.79. The molecular weight excluding hydrogens is 933 g/mol. The number of aliphatic hydroxyl groups excluding tert-OH is 10. The van der Waals surface area contributed by atoms with Gasteiger partial charge in [-0.15, -0.1) is 0 Å². The summed E-state index contributed by atoms with van der Waals surface area (Å²) in [6, 6.07) is 0. The molecule has 4 aliphatic carbocycles. The molecule has 1 spiro atoms. The zero-order valence-electron chi connectivity index (χ0n) is 42.1. The highest BCUT2D eigenvalue weighted by atomic mass is 16.8. The van der Waals surface area contributed by atoms with E-state index in [1.54, 1.807) is 0 Å². The van der Waals surface area contributed by atoms with Crippen LogP contribution in [0.15, 0.2) is 11.6 Å². The van der Waals surface area contributed by atoms with Gasteiger partial charge in [0.2, 0.25) is 0 Å². The van der Waals surface area contributed by atoms with Crippen molar-refractivity contribution in [1.29, 1.82) is 0 Å². The van der Waals surface area contributed by atoms with Gasteiger partial charge >= 0.3 is 0 Å². The molecule has 0 aromatic heterocycles. The van der Waals surface area contributed by atoms with Gasteiger partial charge in [0.25, 0.3) is 0 Å². The molecule has 6 saturated heterocycles. The molecule has 20 heteroatoms. The second-order valence-corrected chi connectivity index (χ2v) is 23.8. The van der Waals surface area contributed by atoms with Crippen LogP contribution in [-0.2, 0) is 47.4 Å². The first kappa shape index (κ1) is 53.3. The minimum Gasteiger partial charge on any atom is -0.394 e. The van der Waals surface area contributed by atoms with Crippen molar-refractivity contribution >= 4 is 0 Å². The van der Waals surface area contributed by atoms with Crippen LogP contribution < -0.4 is 0 Å². The lowest BCUT2D eigenvalue weighted by Crippen LogP contribution is -2.67. The monoisotopic (exact) mass is 1010 g/mol. The molecule has 6 aliphatic heterocycles. The molecule has 0 amide bonds. The summed E-state index contributed by atoms with van der Waals surface area (Å²) < 4.78 is 62.7. The molecular formula is C51H82O20. The van der Waals surface area contributed by atoms with E-state index in [1.165, 1.54) is 26.3 Å². The third-order valence-electron chi connectivity index (χ3n) is 19.7. The van der Waals surface area contributed by atoms with Gasteiger partial charge in [-0.25, -0.2) is 0 Å². The first-order chi connectivity index (χ1) is 33.6. The highest BCUT2D eigenvalue weighted by Crippen LogP contribution is 2.71. The fourth-order valence-electron chi connectivity index (χ4n) is 15.4. The zero-order valence-corrected chi connectivity index (χ0v) is 42.1. The van der Waals surface area contributed by atoms with Crippen LogP contribution in [0.4, 0.5) is 0 Å². The van der Waals surface area contributed by atoms with E-state index in [2.05, 4.69) is 33.8 Å². The Hall–Kier alpha value is -1.06. The number of hydrogen-bond donors (Lipinski definition) is 10. The molecule has 0 bridgehead atoms. The molecule has 0 aromatic rings. The van der Waals surface area contributed by atoms with E-state index in [4.69, 9.17) is 47.4 Å². The van der Waals surface area contributed by atoms with Crippen molar-refractivity contribution < 1.29 is 98.4 Å². The Balaban J connectivity index is 0.864. The summed E-state index contributed by atoms with van der Waals surface area (Å²) in [4.78, 5) is 0. The minimum absolute atomic E-state index is 0.0541. The van der Waals surface area contributed by atoms with E-state index >= 15 is 0 Å². The molecule has 0 radical (unpaired) electrons. The molecule has 9 fully saturated rings. The van der Waals surface area contributed by atoms with Crippen LogP contribution in [0.2, 0.25) is 0 Å². The Labute approximate surface area is 415 Å². The third kappa shape index (κ3) is 9.03. The molecule has 20 nitrogen and oxygen atoms in total. The summed E-state index contributed by atoms with van der Waals surface area (Å²) in [6.45, 7) is 14.0. The lowest BCUT2D eigenvalue weighted by atomic mass is 9.47. The molecule has 31 atom stereocenters. The molecule has 10 N–H and O–H groups in total. The summed E-state index contributed by atoms with van der Waals surface area (Å²) in [5.41, 5.74) is 1.44. The molecule has 10 rings (SSSR count). The maximum atomic E-state index is 12.3. The number of fused-ring (bicyclic) bond motifs is 7. The fraction of sp³-hybridized carbons (Fsp3) is 0.961. The SMILES string of the molecule is C[C@@H]1CC[C@]2(OC1)O[C@H]1C[C@H]3[C@@H]4CC=C5C[C@@H](O[C@@H]6O[C@H](CO)[C@@H](O[C@@H]7O[C@@H](C)[C@H](O)[C@@H](O)[C@H]7O[C@@H]7O[C@@H](C)[C@H](O)[C@@H](O)[C@H]7O)[C@H](O[C@@H]7O[C@@H](C)[C@H](O)[C@@H](O)[C@H]7O)[C@H]6O)CC[C@@]5(C)[C@H]4CC[C@@]3(C)[C@H]1[C@@H]2C. The first-order valence-electron chi connectivity index (χ1n) is 26.6. The van der Waals surface area contributed by atoms with Gasteiger partial charge in [-0.2, -0.15) is 0 Å². The maximum Gasteiger partial charge on any atom is 0.187 e. The predicted molar refractivity (Wildman–Crippen MR) is 244 cm³/mol. The largest absolute Gasteiger partial charge is 0.394 e. The van der Waals surface area contributed by atoms with E-state index in [-0.39, 0.29) is 16.9 Å². The Morgan fingerprint density at radius 3 is 1.80 bits per heavy atom. The number of rotatable bonds is 9. The van der Waals surface area contributed by atoms with Crippen molar-refractivity contribution in [2.45, 2.75) is 247 Å². The van der Waals surface area contributed by atoms with Crippen LogP contribution in [0.5, 0.6) is 0 Å². The van der Waals surface area contributed by atoms with Gasteiger partial charge in [-0.3, -0.25) is 0 Å². The molecule has 406 valence electrons. The fourth-order valence-corrected chi connectivity index (χ4v) is 15.4. The van der Waals surface area contributed by atoms with Crippen LogP contribution in [0.25, 0.3) is 0 Å². The van der Waals surface area contributed by atoms with Gasteiger partial charge in [-0.05, 0) is 113 Å². The van der Waals surface area contributed by atoms with E-state index < -0.39 is 141 Å². The van der Waals surface area contributed by atoms with E-state index in [0.717, 1.165) is 51.6 Å². The molecule has 0 unspecified atom stereocenters. The summed E-state index contributed by atoms with van der Waals surface area (Å²) in [5, 5.41) is 110. The standard InChI is InChI=1S/C51H82O20/c1-20-10-15-51(62-19-20)21(2)32-30(71-51)17-29-27-9-8-25-16-26(11-13-49(25,6)28(27)12-14-50(29,32)7)66-47-41(61)43(69-45-39(59)36(56)33(53)22(3)63-45)42(31(18-52)67-47)68-48-44(38(58)35(55)24(5)65-48)70-46-40(60)37(57)34(54)23(4)64-46/h8,20-24,26-48,52-61H,9-19H2,1-7H3/t20-,21+,22+,23+,24+,26+,27-,28+,29+,30+,31-,32+,33+,34+,35+,36-,37-,38-,39-,40-,41-,42-,43-,44-,45+,46+,47-,48+,49-,50-,51+/m1/s1. The Bertz CT molecular complexity index is 1890. The van der Waals surface area contributed by atoms with E-state index in [1.807, 2.05) is 0 Å². The summed E-state index contributed by atoms with van der Waals surface area (Å²) in [7, 11) is 0. The van der Waals surface area contributed by atoms with E-state index in [9.17, 15) is 51.1 Å². The minimum atomic E-state index is -1.81. The molecule has 0 aromatic carbocycles. The van der Waals surface area contributed by atoms with Crippen molar-refractivity contribution in [2.75, 3.05) is 13.2 Å². The van der Waals surface area contributed by atoms with Crippen LogP contribution in [0, 0.1) is 46.3 Å². The summed E-state index contributed by atoms with van der Waals surface area (Å²) >= 11 is 0. The quantitative estimate of drug-likeness (QED) is 0.137. The van der Waals surface area contributed by atoms with Crippen LogP contribution >= 0.6 is 0 Å².